The molecule has 0 radical (unpaired) electrons. The van der Waals surface area contributed by atoms with E-state index in [0.29, 0.717) is 11.3 Å². The minimum absolute atomic E-state index is 0.111. The smallest absolute Gasteiger partial charge is 0.255 e. The quantitative estimate of drug-likeness (QED) is 0.585. The maximum atomic E-state index is 12.7. The van der Waals surface area contributed by atoms with Gasteiger partial charge in [-0.1, -0.05) is 30.3 Å². The topological polar surface area (TPSA) is 59.3 Å². The van der Waals surface area contributed by atoms with Gasteiger partial charge in [-0.3, -0.25) is 9.20 Å². The molecule has 0 aliphatic heterocycles. The summed E-state index contributed by atoms with van der Waals surface area (Å²) in [6.07, 6.45) is 5.75. The maximum Gasteiger partial charge on any atom is 0.255 e. The van der Waals surface area contributed by atoms with Crippen molar-refractivity contribution in [3.8, 4) is 11.3 Å². The van der Waals surface area contributed by atoms with Crippen LogP contribution in [0.2, 0.25) is 0 Å². The summed E-state index contributed by atoms with van der Waals surface area (Å²) in [6.45, 7) is 5.91. The number of carbonyl (C=O) groups excluding carboxylic acids is 1. The molecule has 1 amide bonds. The molecule has 0 saturated carbocycles. The van der Waals surface area contributed by atoms with Gasteiger partial charge in [0.25, 0.3) is 5.91 Å². The first-order valence-corrected chi connectivity index (χ1v) is 8.80. The van der Waals surface area contributed by atoms with Crippen LogP contribution in [0.5, 0.6) is 0 Å². The Balaban J connectivity index is 1.68. The zero-order chi connectivity index (χ0) is 19.0. The van der Waals surface area contributed by atoms with Gasteiger partial charge in [0.1, 0.15) is 0 Å². The summed E-state index contributed by atoms with van der Waals surface area (Å²) in [6, 6.07) is 13.5. The maximum absolute atomic E-state index is 12.7. The first-order valence-electron chi connectivity index (χ1n) is 8.80. The zero-order valence-electron chi connectivity index (χ0n) is 15.5. The predicted octanol–water partition coefficient (Wildman–Crippen LogP) is 4.57. The van der Waals surface area contributed by atoms with Gasteiger partial charge in [0.2, 0.25) is 5.78 Å². The second-order valence-electron chi connectivity index (χ2n) is 6.76. The first kappa shape index (κ1) is 17.0. The number of nitrogens with zero attached hydrogens (tertiary/aromatic N) is 3. The third kappa shape index (κ3) is 3.31. The van der Waals surface area contributed by atoms with Crippen LogP contribution in [0.15, 0.2) is 61.1 Å². The summed E-state index contributed by atoms with van der Waals surface area (Å²) in [7, 11) is 0. The highest BCUT2D eigenvalue weighted by atomic mass is 16.1. The fourth-order valence-corrected chi connectivity index (χ4v) is 3.06. The average molecular weight is 356 g/mol. The van der Waals surface area contributed by atoms with Gasteiger partial charge in [-0.15, -0.1) is 0 Å². The molecule has 1 N–H and O–H groups in total. The molecule has 0 saturated heterocycles. The highest BCUT2D eigenvalue weighted by molar-refractivity contribution is 6.05. The molecule has 5 heteroatoms. The van der Waals surface area contributed by atoms with Crippen LogP contribution >= 0.6 is 0 Å². The van der Waals surface area contributed by atoms with Crippen LogP contribution in [0, 0.1) is 20.8 Å². The summed E-state index contributed by atoms with van der Waals surface area (Å²) in [4.78, 5) is 21.6. The minimum Gasteiger partial charge on any atom is -0.322 e. The predicted molar refractivity (Wildman–Crippen MR) is 107 cm³/mol. The molecule has 0 atom stereocenters. The van der Waals surface area contributed by atoms with E-state index in [9.17, 15) is 4.79 Å². The molecular formula is C22H20N4O. The Hall–Kier alpha value is -3.47. The number of nitrogens with one attached hydrogen (secondary N) is 1. The van der Waals surface area contributed by atoms with E-state index in [0.717, 1.165) is 33.6 Å². The standard InChI is InChI=1S/C22H20N4O/c1-14-11-23-22-25-20(13-26(22)12-14)17-9-8-16(3)19(10-17)24-21(27)18-7-5-4-6-15(18)2/h4-13H,1-3H3,(H,24,27). The summed E-state index contributed by atoms with van der Waals surface area (Å²) < 4.78 is 1.91. The van der Waals surface area contributed by atoms with Gasteiger partial charge in [-0.2, -0.15) is 0 Å². The molecule has 0 fully saturated rings. The lowest BCUT2D eigenvalue weighted by atomic mass is 10.1. The molecule has 0 aliphatic rings. The third-order valence-electron chi connectivity index (χ3n) is 4.61. The van der Waals surface area contributed by atoms with E-state index < -0.39 is 0 Å². The largest absolute Gasteiger partial charge is 0.322 e. The van der Waals surface area contributed by atoms with Crippen molar-refractivity contribution < 1.29 is 4.79 Å². The van der Waals surface area contributed by atoms with Crippen LogP contribution in [-0.2, 0) is 0 Å². The third-order valence-corrected chi connectivity index (χ3v) is 4.61. The Morgan fingerprint density at radius 2 is 1.81 bits per heavy atom. The number of benzene rings is 2. The lowest BCUT2D eigenvalue weighted by molar-refractivity contribution is 0.102. The van der Waals surface area contributed by atoms with Gasteiger partial charge >= 0.3 is 0 Å². The summed E-state index contributed by atoms with van der Waals surface area (Å²) in [5, 5.41) is 3.03. The fraction of sp³-hybridized carbons (Fsp3) is 0.136. The van der Waals surface area contributed by atoms with Crippen LogP contribution < -0.4 is 5.32 Å². The Kier molecular flexibility index (Phi) is 4.20. The number of amides is 1. The molecule has 5 nitrogen and oxygen atoms in total. The minimum atomic E-state index is -0.111. The van der Waals surface area contributed by atoms with E-state index in [4.69, 9.17) is 0 Å². The van der Waals surface area contributed by atoms with Crippen LogP contribution in [0.3, 0.4) is 0 Å². The molecule has 134 valence electrons. The van der Waals surface area contributed by atoms with Crippen molar-refractivity contribution in [2.24, 2.45) is 0 Å². The molecule has 0 unspecified atom stereocenters. The summed E-state index contributed by atoms with van der Waals surface area (Å²) in [5.74, 6) is 0.544. The number of hydrogen-bond acceptors (Lipinski definition) is 3. The molecule has 2 heterocycles. The van der Waals surface area contributed by atoms with Gasteiger partial charge in [-0.05, 0) is 49.6 Å². The molecule has 0 bridgehead atoms. The molecule has 4 rings (SSSR count). The van der Waals surface area contributed by atoms with E-state index in [1.54, 1.807) is 6.20 Å². The van der Waals surface area contributed by atoms with Gasteiger partial charge < -0.3 is 5.32 Å². The Morgan fingerprint density at radius 1 is 1.00 bits per heavy atom. The van der Waals surface area contributed by atoms with E-state index in [-0.39, 0.29) is 5.91 Å². The van der Waals surface area contributed by atoms with E-state index >= 15 is 0 Å². The molecular weight excluding hydrogens is 336 g/mol. The number of hydrogen-bond donors (Lipinski definition) is 1. The van der Waals surface area contributed by atoms with Gasteiger partial charge in [0.15, 0.2) is 0 Å². The number of aryl methyl sites for hydroxylation is 3. The lowest BCUT2D eigenvalue weighted by Gasteiger charge is -2.11. The van der Waals surface area contributed by atoms with E-state index in [2.05, 4.69) is 15.3 Å². The number of fused-ring (bicyclic) bond motifs is 1. The van der Waals surface area contributed by atoms with Crippen molar-refractivity contribution in [3.63, 3.8) is 0 Å². The van der Waals surface area contributed by atoms with Crippen molar-refractivity contribution in [2.75, 3.05) is 5.32 Å². The fourth-order valence-electron chi connectivity index (χ4n) is 3.06. The Bertz CT molecular complexity index is 1160. The molecule has 0 spiro atoms. The van der Waals surface area contributed by atoms with Gasteiger partial charge in [-0.25, -0.2) is 9.97 Å². The number of imidazole rings is 1. The zero-order valence-corrected chi connectivity index (χ0v) is 15.5. The first-order chi connectivity index (χ1) is 13.0. The second-order valence-corrected chi connectivity index (χ2v) is 6.76. The molecule has 27 heavy (non-hydrogen) atoms. The second kappa shape index (κ2) is 6.68. The van der Waals surface area contributed by atoms with E-state index in [1.807, 2.05) is 80.0 Å². The summed E-state index contributed by atoms with van der Waals surface area (Å²) >= 11 is 0. The molecule has 0 aliphatic carbocycles. The van der Waals surface area contributed by atoms with Crippen molar-refractivity contribution in [2.45, 2.75) is 20.8 Å². The number of carbonyl (C=O) groups is 1. The number of aromatic nitrogens is 3. The van der Waals surface area contributed by atoms with Gasteiger partial charge in [0, 0.05) is 35.4 Å². The number of rotatable bonds is 3. The monoisotopic (exact) mass is 356 g/mol. The van der Waals surface area contributed by atoms with Crippen molar-refractivity contribution in [1.82, 2.24) is 14.4 Å². The van der Waals surface area contributed by atoms with Crippen LogP contribution in [-0.4, -0.2) is 20.3 Å². The average Bonchev–Trinajstić information content (AvgIpc) is 3.07. The van der Waals surface area contributed by atoms with Crippen LogP contribution in [0.4, 0.5) is 5.69 Å². The highest BCUT2D eigenvalue weighted by Crippen LogP contribution is 2.26. The highest BCUT2D eigenvalue weighted by Gasteiger charge is 2.12. The number of anilines is 1. The SMILES string of the molecule is Cc1cnc2nc(-c3ccc(C)c(NC(=O)c4ccccc4C)c3)cn2c1. The Labute approximate surface area is 157 Å². The van der Waals surface area contributed by atoms with Gasteiger partial charge in [0.05, 0.1) is 5.69 Å². The van der Waals surface area contributed by atoms with Crippen molar-refractivity contribution in [1.29, 1.82) is 0 Å². The van der Waals surface area contributed by atoms with Crippen LogP contribution in [0.25, 0.3) is 17.0 Å². The van der Waals surface area contributed by atoms with Crippen LogP contribution in [0.1, 0.15) is 27.0 Å². The normalized spacial score (nSPS) is 10.9. The lowest BCUT2D eigenvalue weighted by Crippen LogP contribution is -2.14. The van der Waals surface area contributed by atoms with Crippen molar-refractivity contribution >= 4 is 17.4 Å². The Morgan fingerprint density at radius 3 is 2.63 bits per heavy atom. The summed E-state index contributed by atoms with van der Waals surface area (Å²) in [5.41, 5.74) is 6.23. The van der Waals surface area contributed by atoms with E-state index in [1.165, 1.54) is 0 Å². The van der Waals surface area contributed by atoms with Crippen molar-refractivity contribution in [3.05, 3.63) is 83.3 Å². The molecule has 2 aromatic carbocycles. The molecule has 2 aromatic heterocycles. The molecule has 4 aromatic rings.